The monoisotopic (exact) mass is 289 g/mol. The lowest BCUT2D eigenvalue weighted by Crippen LogP contribution is -2.20. The number of ether oxygens (including phenoxy) is 2. The molecular weight excluding hydrogens is 270 g/mol. The molecule has 0 aliphatic heterocycles. The quantitative estimate of drug-likeness (QED) is 0.865. The van der Waals surface area contributed by atoms with Crippen LogP contribution in [0.4, 0.5) is 11.9 Å². The molecule has 1 aromatic carbocycles. The predicted molar refractivity (Wildman–Crippen MR) is 81.0 cm³/mol. The minimum Gasteiger partial charge on any atom is -0.496 e. The Kier molecular flexibility index (Phi) is 4.76. The Balaban J connectivity index is 2.25. The zero-order valence-electron chi connectivity index (χ0n) is 12.6. The van der Waals surface area contributed by atoms with Crippen LogP contribution >= 0.6 is 0 Å². The van der Waals surface area contributed by atoms with Crippen molar-refractivity contribution in [2.45, 2.75) is 6.54 Å². The fourth-order valence-corrected chi connectivity index (χ4v) is 1.88. The van der Waals surface area contributed by atoms with E-state index in [4.69, 9.17) is 9.47 Å². The van der Waals surface area contributed by atoms with Gasteiger partial charge in [0.1, 0.15) is 5.75 Å². The van der Waals surface area contributed by atoms with Gasteiger partial charge >= 0.3 is 6.01 Å². The molecule has 2 rings (SSSR count). The van der Waals surface area contributed by atoms with Crippen LogP contribution in [0.3, 0.4) is 0 Å². The molecule has 0 saturated heterocycles. The van der Waals surface area contributed by atoms with Crippen molar-refractivity contribution < 1.29 is 9.47 Å². The minimum atomic E-state index is 0.274. The van der Waals surface area contributed by atoms with Crippen LogP contribution in [0.15, 0.2) is 24.3 Å². The number of nitrogens with zero attached hydrogens (tertiary/aromatic N) is 4. The molecule has 21 heavy (non-hydrogen) atoms. The fourth-order valence-electron chi connectivity index (χ4n) is 1.88. The number of hydrogen-bond donors (Lipinski definition) is 1. The van der Waals surface area contributed by atoms with E-state index in [9.17, 15) is 0 Å². The molecule has 0 atom stereocenters. The molecule has 0 fully saturated rings. The number of nitrogens with one attached hydrogen (secondary N) is 1. The maximum Gasteiger partial charge on any atom is 0.322 e. The number of para-hydroxylation sites is 1. The summed E-state index contributed by atoms with van der Waals surface area (Å²) >= 11 is 0. The first-order valence-electron chi connectivity index (χ1n) is 6.48. The first kappa shape index (κ1) is 14.8. The summed E-state index contributed by atoms with van der Waals surface area (Å²) in [6.07, 6.45) is 0. The highest BCUT2D eigenvalue weighted by Crippen LogP contribution is 2.21. The van der Waals surface area contributed by atoms with Gasteiger partial charge in [0.25, 0.3) is 0 Å². The number of anilines is 2. The van der Waals surface area contributed by atoms with Crippen molar-refractivity contribution in [1.82, 2.24) is 15.0 Å². The Morgan fingerprint density at radius 1 is 1.10 bits per heavy atom. The summed E-state index contributed by atoms with van der Waals surface area (Å²) in [5, 5.41) is 2.89. The highest BCUT2D eigenvalue weighted by atomic mass is 16.5. The summed E-state index contributed by atoms with van der Waals surface area (Å²) in [4.78, 5) is 14.6. The van der Waals surface area contributed by atoms with E-state index in [-0.39, 0.29) is 6.01 Å². The van der Waals surface area contributed by atoms with Crippen LogP contribution in [0.25, 0.3) is 0 Å². The average molecular weight is 289 g/mol. The van der Waals surface area contributed by atoms with Crippen LogP contribution in [0, 0.1) is 0 Å². The van der Waals surface area contributed by atoms with E-state index >= 15 is 0 Å². The van der Waals surface area contributed by atoms with E-state index in [0.717, 1.165) is 11.3 Å². The van der Waals surface area contributed by atoms with Crippen LogP contribution in [0.2, 0.25) is 0 Å². The molecule has 1 aromatic heterocycles. The van der Waals surface area contributed by atoms with Gasteiger partial charge in [0.05, 0.1) is 14.2 Å². The van der Waals surface area contributed by atoms with E-state index in [2.05, 4.69) is 20.3 Å². The molecule has 112 valence electrons. The largest absolute Gasteiger partial charge is 0.496 e. The van der Waals surface area contributed by atoms with Gasteiger partial charge in [0, 0.05) is 26.2 Å². The molecule has 0 amide bonds. The van der Waals surface area contributed by atoms with Crippen molar-refractivity contribution in [2.75, 3.05) is 38.5 Å². The number of methoxy groups -OCH3 is 2. The lowest BCUT2D eigenvalue weighted by molar-refractivity contribution is 0.379. The van der Waals surface area contributed by atoms with Crippen LogP contribution in [0.1, 0.15) is 5.56 Å². The lowest BCUT2D eigenvalue weighted by atomic mass is 10.2. The molecule has 7 heteroatoms. The SMILES string of the molecule is CNc1nc(OC)nc(N(C)Cc2ccccc2OC)n1. The Bertz CT molecular complexity index is 583. The van der Waals surface area contributed by atoms with Gasteiger partial charge < -0.3 is 19.7 Å². The predicted octanol–water partition coefficient (Wildman–Crippen LogP) is 1.57. The van der Waals surface area contributed by atoms with Gasteiger partial charge in [0.15, 0.2) is 0 Å². The molecule has 2 aromatic rings. The highest BCUT2D eigenvalue weighted by Gasteiger charge is 2.12. The molecule has 0 radical (unpaired) electrons. The lowest BCUT2D eigenvalue weighted by Gasteiger charge is -2.19. The Morgan fingerprint density at radius 2 is 1.86 bits per heavy atom. The molecule has 0 aliphatic carbocycles. The zero-order valence-corrected chi connectivity index (χ0v) is 12.6. The summed E-state index contributed by atoms with van der Waals surface area (Å²) in [6.45, 7) is 0.611. The number of benzene rings is 1. The summed E-state index contributed by atoms with van der Waals surface area (Å²) < 4.78 is 10.4. The Hall–Kier alpha value is -2.57. The van der Waals surface area contributed by atoms with Gasteiger partial charge in [0.2, 0.25) is 11.9 Å². The summed E-state index contributed by atoms with van der Waals surface area (Å²) in [5.74, 6) is 1.82. The van der Waals surface area contributed by atoms with Crippen molar-refractivity contribution in [3.05, 3.63) is 29.8 Å². The van der Waals surface area contributed by atoms with Crippen molar-refractivity contribution in [3.8, 4) is 11.8 Å². The number of rotatable bonds is 6. The Labute approximate surface area is 124 Å². The van der Waals surface area contributed by atoms with Gasteiger partial charge in [-0.1, -0.05) is 18.2 Å². The summed E-state index contributed by atoms with van der Waals surface area (Å²) in [5.41, 5.74) is 1.05. The van der Waals surface area contributed by atoms with Gasteiger partial charge in [-0.3, -0.25) is 0 Å². The minimum absolute atomic E-state index is 0.274. The molecule has 1 N–H and O–H groups in total. The second kappa shape index (κ2) is 6.74. The van der Waals surface area contributed by atoms with Crippen molar-refractivity contribution in [3.63, 3.8) is 0 Å². The van der Waals surface area contributed by atoms with E-state index in [1.54, 1.807) is 14.2 Å². The van der Waals surface area contributed by atoms with Crippen molar-refractivity contribution >= 4 is 11.9 Å². The molecule has 1 heterocycles. The second-order valence-corrected chi connectivity index (χ2v) is 4.36. The van der Waals surface area contributed by atoms with Gasteiger partial charge in [-0.05, 0) is 6.07 Å². The average Bonchev–Trinajstić information content (AvgIpc) is 2.54. The maximum absolute atomic E-state index is 5.36. The van der Waals surface area contributed by atoms with Crippen molar-refractivity contribution in [2.24, 2.45) is 0 Å². The van der Waals surface area contributed by atoms with Crippen LogP contribution in [0.5, 0.6) is 11.8 Å². The first-order chi connectivity index (χ1) is 10.2. The second-order valence-electron chi connectivity index (χ2n) is 4.36. The van der Waals surface area contributed by atoms with E-state index < -0.39 is 0 Å². The molecule has 7 nitrogen and oxygen atoms in total. The first-order valence-corrected chi connectivity index (χ1v) is 6.48. The third-order valence-electron chi connectivity index (χ3n) is 2.95. The van der Waals surface area contributed by atoms with E-state index in [1.165, 1.54) is 7.11 Å². The molecular formula is C14H19N5O2. The van der Waals surface area contributed by atoms with E-state index in [1.807, 2.05) is 36.2 Å². The summed E-state index contributed by atoms with van der Waals surface area (Å²) in [6, 6.07) is 8.12. The molecule has 0 spiro atoms. The van der Waals surface area contributed by atoms with Crippen LogP contribution in [-0.2, 0) is 6.54 Å². The van der Waals surface area contributed by atoms with Crippen LogP contribution in [-0.4, -0.2) is 43.3 Å². The maximum atomic E-state index is 5.36. The van der Waals surface area contributed by atoms with Crippen molar-refractivity contribution in [1.29, 1.82) is 0 Å². The molecule has 0 saturated carbocycles. The van der Waals surface area contributed by atoms with E-state index in [0.29, 0.717) is 18.4 Å². The third-order valence-corrected chi connectivity index (χ3v) is 2.95. The van der Waals surface area contributed by atoms with Gasteiger partial charge in [-0.15, -0.1) is 0 Å². The normalized spacial score (nSPS) is 10.1. The molecule has 0 bridgehead atoms. The topological polar surface area (TPSA) is 72.4 Å². The Morgan fingerprint density at radius 3 is 2.52 bits per heavy atom. The smallest absolute Gasteiger partial charge is 0.322 e. The summed E-state index contributed by atoms with van der Waals surface area (Å²) in [7, 11) is 6.84. The van der Waals surface area contributed by atoms with Gasteiger partial charge in [-0.2, -0.15) is 15.0 Å². The number of hydrogen-bond acceptors (Lipinski definition) is 7. The molecule has 0 aliphatic rings. The van der Waals surface area contributed by atoms with Gasteiger partial charge in [-0.25, -0.2) is 0 Å². The molecule has 0 unspecified atom stereocenters. The zero-order chi connectivity index (χ0) is 15.2. The highest BCUT2D eigenvalue weighted by molar-refractivity contribution is 5.41. The standard InChI is InChI=1S/C14H19N5O2/c1-15-12-16-13(18-14(17-12)21-4)19(2)9-10-7-5-6-8-11(10)20-3/h5-8H,9H2,1-4H3,(H,15,16,17,18). The van der Waals surface area contributed by atoms with Crippen LogP contribution < -0.4 is 19.7 Å². The number of aromatic nitrogens is 3. The third kappa shape index (κ3) is 3.50. The fraction of sp³-hybridized carbons (Fsp3) is 0.357.